The number of piperazine rings is 1. The minimum atomic E-state index is -3.36. The molecule has 5 rings (SSSR count). The number of benzene rings is 1. The van der Waals surface area contributed by atoms with Gasteiger partial charge in [-0.15, -0.1) is 0 Å². The third kappa shape index (κ3) is 7.75. The van der Waals surface area contributed by atoms with Crippen LogP contribution in [0.1, 0.15) is 53.4 Å². The predicted molar refractivity (Wildman–Crippen MR) is 188 cm³/mol. The molecular formula is C33H51N7O4SSi. The van der Waals surface area contributed by atoms with Crippen molar-refractivity contribution in [2.75, 3.05) is 55.8 Å². The first-order valence-corrected chi connectivity index (χ1v) is 21.2. The van der Waals surface area contributed by atoms with Gasteiger partial charge in [-0.25, -0.2) is 13.4 Å². The standard InChI is InChI=1S/C33H51N7O4SSi/c1-25(41)37-19-21-38(22-20-37)29-9-8-10-30-28(29)16-18-39(30)31-15-17-34-32(36-31)35-26-11-13-27(14-12-26)40(45(5,42)43)23-24-44-46(6,7)33(2,3)4/h8-10,15-18,26-27H,11-14,19-24H2,1-7H3,(H,34,35,36). The van der Waals surface area contributed by atoms with E-state index < -0.39 is 18.3 Å². The maximum absolute atomic E-state index is 12.8. The largest absolute Gasteiger partial charge is 0.415 e. The number of rotatable bonds is 10. The Hall–Kier alpha value is -3.00. The van der Waals surface area contributed by atoms with Crippen molar-refractivity contribution in [2.24, 2.45) is 0 Å². The van der Waals surface area contributed by atoms with E-state index in [9.17, 15) is 13.2 Å². The smallest absolute Gasteiger partial charge is 0.224 e. The second-order valence-corrected chi connectivity index (χ2v) is 21.0. The number of sulfonamides is 1. The quantitative estimate of drug-likeness (QED) is 0.297. The Kier molecular flexibility index (Phi) is 10.2. The lowest BCUT2D eigenvalue weighted by atomic mass is 9.91. The molecule has 0 bridgehead atoms. The van der Waals surface area contributed by atoms with Crippen molar-refractivity contribution in [3.05, 3.63) is 42.7 Å². The van der Waals surface area contributed by atoms with Gasteiger partial charge in [-0.05, 0) is 68.1 Å². The summed E-state index contributed by atoms with van der Waals surface area (Å²) in [7, 11) is -5.31. The third-order valence-electron chi connectivity index (χ3n) is 10.1. The molecule has 0 radical (unpaired) electrons. The van der Waals surface area contributed by atoms with Gasteiger partial charge in [-0.3, -0.25) is 4.79 Å². The molecule has 2 aliphatic rings. The van der Waals surface area contributed by atoms with Crippen LogP contribution in [0.4, 0.5) is 11.6 Å². The highest BCUT2D eigenvalue weighted by Gasteiger charge is 2.38. The summed E-state index contributed by atoms with van der Waals surface area (Å²) < 4.78 is 35.6. The average molecular weight is 670 g/mol. The van der Waals surface area contributed by atoms with Gasteiger partial charge in [0.2, 0.25) is 21.9 Å². The van der Waals surface area contributed by atoms with Crippen molar-refractivity contribution in [3.63, 3.8) is 0 Å². The second-order valence-electron chi connectivity index (χ2n) is 14.3. The topological polar surface area (TPSA) is 113 Å². The van der Waals surface area contributed by atoms with Crippen LogP contribution in [0.15, 0.2) is 42.7 Å². The van der Waals surface area contributed by atoms with Crippen molar-refractivity contribution < 1.29 is 17.6 Å². The molecule has 1 aromatic carbocycles. The second kappa shape index (κ2) is 13.6. The molecule has 1 aliphatic heterocycles. The number of nitrogens with one attached hydrogen (secondary N) is 1. The lowest BCUT2D eigenvalue weighted by molar-refractivity contribution is -0.129. The van der Waals surface area contributed by atoms with Gasteiger partial charge < -0.3 is 24.1 Å². The van der Waals surface area contributed by atoms with E-state index in [1.54, 1.807) is 17.4 Å². The van der Waals surface area contributed by atoms with Gasteiger partial charge in [0, 0.05) is 81.8 Å². The Morgan fingerprint density at radius 2 is 1.76 bits per heavy atom. The summed E-state index contributed by atoms with van der Waals surface area (Å²) in [5, 5.41) is 4.75. The van der Waals surface area contributed by atoms with Gasteiger partial charge >= 0.3 is 0 Å². The van der Waals surface area contributed by atoms with E-state index in [-0.39, 0.29) is 23.0 Å². The Bertz CT molecular complexity index is 1620. The minimum absolute atomic E-state index is 0.0332. The molecule has 0 atom stereocenters. The van der Waals surface area contributed by atoms with Crippen molar-refractivity contribution in [1.29, 1.82) is 0 Å². The summed E-state index contributed by atoms with van der Waals surface area (Å²) in [6.45, 7) is 16.5. The number of carbonyl (C=O) groups excluding carboxylic acids is 1. The number of hydrogen-bond acceptors (Lipinski definition) is 8. The normalized spacial score (nSPS) is 20.0. The van der Waals surface area contributed by atoms with Gasteiger partial charge in [-0.2, -0.15) is 9.29 Å². The maximum atomic E-state index is 12.8. The number of anilines is 2. The molecule has 3 aromatic rings. The van der Waals surface area contributed by atoms with Crippen molar-refractivity contribution in [1.82, 2.24) is 23.7 Å². The summed E-state index contributed by atoms with van der Waals surface area (Å²) >= 11 is 0. The molecule has 1 N–H and O–H groups in total. The fourth-order valence-electron chi connectivity index (χ4n) is 6.36. The third-order valence-corrected chi connectivity index (χ3v) is 16.0. The van der Waals surface area contributed by atoms with E-state index in [1.165, 1.54) is 11.9 Å². The first-order valence-electron chi connectivity index (χ1n) is 16.5. The summed E-state index contributed by atoms with van der Waals surface area (Å²) in [5.74, 6) is 1.48. The van der Waals surface area contributed by atoms with E-state index >= 15 is 0 Å². The first kappa shape index (κ1) is 34.3. The average Bonchev–Trinajstić information content (AvgIpc) is 3.43. The van der Waals surface area contributed by atoms with Crippen molar-refractivity contribution >= 4 is 46.8 Å². The summed E-state index contributed by atoms with van der Waals surface area (Å²) in [4.78, 5) is 25.4. The van der Waals surface area contributed by atoms with E-state index in [0.717, 1.165) is 68.6 Å². The summed E-state index contributed by atoms with van der Waals surface area (Å²) in [6.07, 6.45) is 8.35. The van der Waals surface area contributed by atoms with Crippen LogP contribution in [-0.4, -0.2) is 104 Å². The molecular weight excluding hydrogens is 619 g/mol. The highest BCUT2D eigenvalue weighted by Crippen LogP contribution is 2.37. The molecule has 0 spiro atoms. The zero-order valence-electron chi connectivity index (χ0n) is 28.5. The van der Waals surface area contributed by atoms with Crippen LogP contribution in [0.2, 0.25) is 18.1 Å². The number of amides is 1. The van der Waals surface area contributed by atoms with Crippen LogP contribution in [-0.2, 0) is 19.2 Å². The molecule has 1 aliphatic carbocycles. The van der Waals surface area contributed by atoms with E-state index in [1.807, 2.05) is 17.2 Å². The zero-order valence-corrected chi connectivity index (χ0v) is 30.3. The zero-order chi connectivity index (χ0) is 33.3. The molecule has 13 heteroatoms. The minimum Gasteiger partial charge on any atom is -0.415 e. The van der Waals surface area contributed by atoms with E-state index in [4.69, 9.17) is 9.41 Å². The van der Waals surface area contributed by atoms with Gasteiger partial charge in [0.05, 0.1) is 11.8 Å². The fourth-order valence-corrected chi connectivity index (χ4v) is 8.55. The van der Waals surface area contributed by atoms with Crippen molar-refractivity contribution in [3.8, 4) is 5.82 Å². The van der Waals surface area contributed by atoms with E-state index in [0.29, 0.717) is 19.1 Å². The highest BCUT2D eigenvalue weighted by molar-refractivity contribution is 7.88. The predicted octanol–water partition coefficient (Wildman–Crippen LogP) is 5.10. The van der Waals surface area contributed by atoms with Crippen LogP contribution < -0.4 is 10.2 Å². The number of nitrogens with zero attached hydrogens (tertiary/aromatic N) is 6. The van der Waals surface area contributed by atoms with Crippen molar-refractivity contribution in [2.45, 2.75) is 83.6 Å². The fraction of sp³-hybridized carbons (Fsp3) is 0.606. The maximum Gasteiger partial charge on any atom is 0.224 e. The molecule has 1 saturated carbocycles. The number of aromatic nitrogens is 3. The number of fused-ring (bicyclic) bond motifs is 1. The Morgan fingerprint density at radius 1 is 1.07 bits per heavy atom. The molecule has 2 fully saturated rings. The van der Waals surface area contributed by atoms with Crippen LogP contribution >= 0.6 is 0 Å². The van der Waals surface area contributed by atoms with Gasteiger partial charge in [0.1, 0.15) is 5.82 Å². The molecule has 3 heterocycles. The van der Waals surface area contributed by atoms with Crippen LogP contribution in [0.3, 0.4) is 0 Å². The van der Waals surface area contributed by atoms with E-state index in [2.05, 4.69) is 77.9 Å². The SMILES string of the molecule is CC(=O)N1CCN(c2cccc3c2ccn3-c2ccnc(NC3CCC(N(CCO[Si](C)(C)C(C)(C)C)S(C)(=O)=O)CC3)n2)CC1. The lowest BCUT2D eigenvalue weighted by Gasteiger charge is -2.38. The first-order chi connectivity index (χ1) is 21.6. The molecule has 1 amide bonds. The van der Waals surface area contributed by atoms with Gasteiger partial charge in [0.15, 0.2) is 8.32 Å². The summed E-state index contributed by atoms with van der Waals surface area (Å²) in [5.41, 5.74) is 2.23. The molecule has 0 unspecified atom stereocenters. The number of hydrogen-bond donors (Lipinski definition) is 1. The van der Waals surface area contributed by atoms with Crippen LogP contribution in [0.5, 0.6) is 0 Å². The molecule has 11 nitrogen and oxygen atoms in total. The highest BCUT2D eigenvalue weighted by atomic mass is 32.2. The molecule has 46 heavy (non-hydrogen) atoms. The summed E-state index contributed by atoms with van der Waals surface area (Å²) in [6, 6.07) is 10.5. The Balaban J connectivity index is 1.21. The Labute approximate surface area is 275 Å². The molecule has 2 aromatic heterocycles. The molecule has 252 valence electrons. The number of carbonyl (C=O) groups is 1. The van der Waals surface area contributed by atoms with Crippen LogP contribution in [0.25, 0.3) is 16.7 Å². The Morgan fingerprint density at radius 3 is 2.39 bits per heavy atom. The monoisotopic (exact) mass is 669 g/mol. The van der Waals surface area contributed by atoms with Crippen LogP contribution in [0, 0.1) is 0 Å². The molecule has 1 saturated heterocycles. The lowest BCUT2D eigenvalue weighted by Crippen LogP contribution is -2.48. The van der Waals surface area contributed by atoms with Gasteiger partial charge in [-0.1, -0.05) is 26.8 Å². The van der Waals surface area contributed by atoms with Gasteiger partial charge in [0.25, 0.3) is 0 Å².